The molecule has 0 saturated carbocycles. The summed E-state index contributed by atoms with van der Waals surface area (Å²) in [5.74, 6) is 1.04. The number of ether oxygens (including phenoxy) is 2. The Morgan fingerprint density at radius 3 is 2.33 bits per heavy atom. The van der Waals surface area contributed by atoms with Crippen molar-refractivity contribution in [1.82, 2.24) is 10.6 Å². The van der Waals surface area contributed by atoms with Crippen molar-refractivity contribution in [3.8, 4) is 11.5 Å². The molecule has 30 heavy (non-hydrogen) atoms. The third-order valence-electron chi connectivity index (χ3n) is 3.91. The van der Waals surface area contributed by atoms with Crippen LogP contribution in [0.2, 0.25) is 0 Å². The maximum Gasteiger partial charge on any atom is 0.175 e. The first-order valence-electron chi connectivity index (χ1n) is 9.41. The van der Waals surface area contributed by atoms with Crippen molar-refractivity contribution in [1.29, 1.82) is 0 Å². The van der Waals surface area contributed by atoms with Gasteiger partial charge in [0, 0.05) is 26.2 Å². The van der Waals surface area contributed by atoms with Gasteiger partial charge in [0.1, 0.15) is 12.4 Å². The highest BCUT2D eigenvalue weighted by atomic mass is 79.9. The zero-order valence-electron chi connectivity index (χ0n) is 17.1. The maximum atomic E-state index is 13.0. The van der Waals surface area contributed by atoms with Crippen LogP contribution in [-0.4, -0.2) is 37.5 Å². The summed E-state index contributed by atoms with van der Waals surface area (Å²) in [4.78, 5) is 0. The number of nitrogens with one attached hydrogen (secondary N) is 2. The minimum absolute atomic E-state index is 0. The maximum absolute atomic E-state index is 13.0. The number of hydrogen-bond donors (Lipinski definition) is 3. The van der Waals surface area contributed by atoms with E-state index in [4.69, 9.17) is 9.47 Å². The van der Waals surface area contributed by atoms with Crippen LogP contribution < -0.4 is 20.1 Å². The largest absolute Gasteiger partial charge is 0.490 e. The predicted octanol–water partition coefficient (Wildman–Crippen LogP) is 4.47. The number of aliphatic hydroxyl groups is 1. The van der Waals surface area contributed by atoms with Crippen molar-refractivity contribution in [2.75, 3.05) is 26.2 Å². The number of aliphatic hydroxyl groups excluding tert-OH is 1. The van der Waals surface area contributed by atoms with Gasteiger partial charge in [0.15, 0.2) is 11.5 Å². The monoisotopic (exact) mass is 526 g/mol. The van der Waals surface area contributed by atoms with E-state index >= 15 is 0 Å². The summed E-state index contributed by atoms with van der Waals surface area (Å²) in [7, 11) is 0. The van der Waals surface area contributed by atoms with E-state index in [0.717, 1.165) is 28.7 Å². The van der Waals surface area contributed by atoms with Crippen molar-refractivity contribution >= 4 is 40.7 Å². The van der Waals surface area contributed by atoms with E-state index in [2.05, 4.69) is 26.6 Å². The Bertz CT molecular complexity index is 737. The topological polar surface area (TPSA) is 62.8 Å². The summed E-state index contributed by atoms with van der Waals surface area (Å²) in [6, 6.07) is 10.2. The first kappa shape index (κ1) is 28.9. The van der Waals surface area contributed by atoms with Crippen LogP contribution in [0.5, 0.6) is 11.5 Å². The minimum Gasteiger partial charge on any atom is -0.490 e. The molecule has 0 saturated heterocycles. The fourth-order valence-corrected chi connectivity index (χ4v) is 3.19. The summed E-state index contributed by atoms with van der Waals surface area (Å²) >= 11 is 3.57. The standard InChI is InChI=1S/C21H28BrFN2O3.2ClH/c1-3-27-20-11-17(13-25-9-8-24-12-15(2)26)10-19(22)21(20)28-14-16-4-6-18(23)7-5-16;;/h4-7,10-11,15,24-26H,3,8-9,12-14H2,1-2H3;2*1H. The molecule has 0 aromatic heterocycles. The zero-order chi connectivity index (χ0) is 20.4. The lowest BCUT2D eigenvalue weighted by Gasteiger charge is -2.16. The molecule has 0 amide bonds. The molecule has 2 aromatic carbocycles. The SMILES string of the molecule is CCOc1cc(CNCCNCC(C)O)cc(Br)c1OCc1ccc(F)cc1.Cl.Cl. The Labute approximate surface area is 198 Å². The minimum atomic E-state index is -0.341. The highest BCUT2D eigenvalue weighted by molar-refractivity contribution is 9.10. The molecule has 3 N–H and O–H groups in total. The van der Waals surface area contributed by atoms with E-state index in [0.29, 0.717) is 37.8 Å². The molecule has 0 heterocycles. The molecule has 5 nitrogen and oxygen atoms in total. The van der Waals surface area contributed by atoms with Crippen molar-refractivity contribution in [3.63, 3.8) is 0 Å². The van der Waals surface area contributed by atoms with Crippen LogP contribution in [0.3, 0.4) is 0 Å². The quantitative estimate of drug-likeness (QED) is 0.355. The molecule has 0 spiro atoms. The molecule has 0 bridgehead atoms. The molecule has 1 atom stereocenters. The van der Waals surface area contributed by atoms with Gasteiger partial charge in [-0.25, -0.2) is 4.39 Å². The van der Waals surface area contributed by atoms with Crippen molar-refractivity contribution < 1.29 is 19.0 Å². The van der Waals surface area contributed by atoms with Gasteiger partial charge in [-0.1, -0.05) is 12.1 Å². The van der Waals surface area contributed by atoms with E-state index in [1.165, 1.54) is 12.1 Å². The normalized spacial score (nSPS) is 11.2. The summed E-state index contributed by atoms with van der Waals surface area (Å²) in [5.41, 5.74) is 1.95. The molecule has 2 rings (SSSR count). The van der Waals surface area contributed by atoms with Gasteiger partial charge in [-0.05, 0) is 65.2 Å². The molecular formula is C21H30BrCl2FN2O3. The van der Waals surface area contributed by atoms with Crippen LogP contribution in [0, 0.1) is 5.82 Å². The highest BCUT2D eigenvalue weighted by Crippen LogP contribution is 2.37. The number of halogens is 4. The van der Waals surface area contributed by atoms with Gasteiger partial charge in [-0.3, -0.25) is 0 Å². The Morgan fingerprint density at radius 1 is 1.03 bits per heavy atom. The summed E-state index contributed by atoms with van der Waals surface area (Å²) in [5, 5.41) is 15.7. The smallest absolute Gasteiger partial charge is 0.175 e. The van der Waals surface area contributed by atoms with Gasteiger partial charge in [-0.15, -0.1) is 24.8 Å². The molecule has 1 unspecified atom stereocenters. The fourth-order valence-electron chi connectivity index (χ4n) is 2.58. The van der Waals surface area contributed by atoms with Crippen LogP contribution in [0.25, 0.3) is 0 Å². The number of benzene rings is 2. The van der Waals surface area contributed by atoms with Crippen LogP contribution in [-0.2, 0) is 13.2 Å². The van der Waals surface area contributed by atoms with Gasteiger partial charge in [0.05, 0.1) is 17.2 Å². The lowest BCUT2D eigenvalue weighted by atomic mass is 10.2. The van der Waals surface area contributed by atoms with Gasteiger partial charge in [0.2, 0.25) is 0 Å². The number of hydrogen-bond acceptors (Lipinski definition) is 5. The molecule has 2 aromatic rings. The Kier molecular flexibility index (Phi) is 15.1. The highest BCUT2D eigenvalue weighted by Gasteiger charge is 2.13. The van der Waals surface area contributed by atoms with Crippen LogP contribution in [0.1, 0.15) is 25.0 Å². The first-order valence-corrected chi connectivity index (χ1v) is 10.2. The summed E-state index contributed by atoms with van der Waals surface area (Å²) in [6.07, 6.45) is -0.341. The van der Waals surface area contributed by atoms with Gasteiger partial charge >= 0.3 is 0 Å². The molecule has 170 valence electrons. The molecule has 0 fully saturated rings. The second-order valence-corrected chi connectivity index (χ2v) is 7.34. The van der Waals surface area contributed by atoms with E-state index < -0.39 is 0 Å². The zero-order valence-corrected chi connectivity index (χ0v) is 20.3. The van der Waals surface area contributed by atoms with Crippen molar-refractivity contribution in [2.24, 2.45) is 0 Å². The van der Waals surface area contributed by atoms with E-state index in [-0.39, 0.29) is 36.7 Å². The second-order valence-electron chi connectivity index (χ2n) is 6.48. The van der Waals surface area contributed by atoms with Gasteiger partial charge in [-0.2, -0.15) is 0 Å². The molecule has 0 radical (unpaired) electrons. The Morgan fingerprint density at radius 2 is 1.70 bits per heavy atom. The third-order valence-corrected chi connectivity index (χ3v) is 4.50. The van der Waals surface area contributed by atoms with E-state index in [9.17, 15) is 9.50 Å². The molecule has 0 aliphatic carbocycles. The van der Waals surface area contributed by atoms with Crippen LogP contribution >= 0.6 is 40.7 Å². The van der Waals surface area contributed by atoms with E-state index in [1.807, 2.05) is 19.1 Å². The molecule has 0 aliphatic heterocycles. The van der Waals surface area contributed by atoms with Crippen LogP contribution in [0.4, 0.5) is 4.39 Å². The number of rotatable bonds is 12. The Hall–Kier alpha value is -1.09. The molecule has 0 aliphatic rings. The molecule has 9 heteroatoms. The average Bonchev–Trinajstić information content (AvgIpc) is 2.65. The van der Waals surface area contributed by atoms with E-state index in [1.54, 1.807) is 19.1 Å². The summed E-state index contributed by atoms with van der Waals surface area (Å²) in [6.45, 7) is 7.38. The third kappa shape index (κ3) is 10.3. The lowest BCUT2D eigenvalue weighted by Crippen LogP contribution is -2.31. The first-order chi connectivity index (χ1) is 13.5. The van der Waals surface area contributed by atoms with Gasteiger partial charge < -0.3 is 25.2 Å². The predicted molar refractivity (Wildman–Crippen MR) is 127 cm³/mol. The Balaban J connectivity index is 0.00000420. The van der Waals surface area contributed by atoms with Gasteiger partial charge in [0.25, 0.3) is 0 Å². The van der Waals surface area contributed by atoms with Crippen LogP contribution in [0.15, 0.2) is 40.9 Å². The molecular weight excluding hydrogens is 498 g/mol. The second kappa shape index (κ2) is 15.7. The summed E-state index contributed by atoms with van der Waals surface area (Å²) < 4.78 is 25.5. The lowest BCUT2D eigenvalue weighted by molar-refractivity contribution is 0.191. The van der Waals surface area contributed by atoms with Crippen molar-refractivity contribution in [3.05, 3.63) is 57.8 Å². The fraction of sp³-hybridized carbons (Fsp3) is 0.429. The average molecular weight is 528 g/mol. The van der Waals surface area contributed by atoms with Crippen molar-refractivity contribution in [2.45, 2.75) is 33.1 Å².